The van der Waals surface area contributed by atoms with E-state index in [1.165, 1.54) is 12.3 Å². The summed E-state index contributed by atoms with van der Waals surface area (Å²) in [7, 11) is 0. The molecule has 1 aromatic rings. The van der Waals surface area contributed by atoms with Gasteiger partial charge in [0.2, 0.25) is 5.91 Å². The third-order valence-electron chi connectivity index (χ3n) is 3.68. The number of carbonyl (C=O) groups excluding carboxylic acids is 2. The minimum absolute atomic E-state index is 0.170. The number of hydrogen-bond donors (Lipinski definition) is 2. The monoisotopic (exact) mass is 277 g/mol. The van der Waals surface area contributed by atoms with Gasteiger partial charge >= 0.3 is 0 Å². The molecule has 1 fully saturated rings. The number of rotatable bonds is 3. The van der Waals surface area contributed by atoms with Crippen molar-refractivity contribution < 1.29 is 9.59 Å². The van der Waals surface area contributed by atoms with Crippen LogP contribution in [0, 0.1) is 12.8 Å². The highest BCUT2D eigenvalue weighted by Gasteiger charge is 2.25. The number of nitrogens with zero attached hydrogens (tertiary/aromatic N) is 1. The zero-order chi connectivity index (χ0) is 14.7. The van der Waals surface area contributed by atoms with Gasteiger partial charge in [-0.2, -0.15) is 0 Å². The van der Waals surface area contributed by atoms with Crippen LogP contribution in [0.1, 0.15) is 35.3 Å². The van der Waals surface area contributed by atoms with Gasteiger partial charge in [-0.25, -0.2) is 0 Å². The quantitative estimate of drug-likeness (QED) is 0.837. The Balaban J connectivity index is 2.01. The van der Waals surface area contributed by atoms with Gasteiger partial charge in [0.1, 0.15) is 5.56 Å². The van der Waals surface area contributed by atoms with E-state index in [1.54, 1.807) is 11.8 Å². The van der Waals surface area contributed by atoms with E-state index >= 15 is 0 Å². The van der Waals surface area contributed by atoms with E-state index < -0.39 is 0 Å². The third-order valence-corrected chi connectivity index (χ3v) is 3.68. The molecule has 0 saturated carbocycles. The van der Waals surface area contributed by atoms with Crippen LogP contribution in [-0.4, -0.2) is 34.8 Å². The molecule has 0 unspecified atom stereocenters. The molecule has 1 aliphatic rings. The number of hydrogen-bond acceptors (Lipinski definition) is 3. The number of primary amides is 1. The SMILES string of the molecule is Cc1cc(=O)c(C(=O)N2CCC(CC(N)=O)CC2)c[nH]1. The first-order valence-electron chi connectivity index (χ1n) is 6.74. The van der Waals surface area contributed by atoms with Crippen LogP contribution >= 0.6 is 0 Å². The number of amides is 2. The fraction of sp³-hybridized carbons (Fsp3) is 0.500. The van der Waals surface area contributed by atoms with Crippen molar-refractivity contribution in [3.8, 4) is 0 Å². The minimum Gasteiger partial charge on any atom is -0.370 e. The molecule has 6 heteroatoms. The highest BCUT2D eigenvalue weighted by atomic mass is 16.2. The average Bonchev–Trinajstić information content (AvgIpc) is 2.38. The van der Waals surface area contributed by atoms with Gasteiger partial charge in [0.25, 0.3) is 5.91 Å². The van der Waals surface area contributed by atoms with Crippen LogP contribution in [-0.2, 0) is 4.79 Å². The van der Waals surface area contributed by atoms with E-state index in [0.29, 0.717) is 19.5 Å². The minimum atomic E-state index is -0.301. The molecule has 0 aliphatic carbocycles. The van der Waals surface area contributed by atoms with Crippen LogP contribution in [0.2, 0.25) is 0 Å². The average molecular weight is 277 g/mol. The summed E-state index contributed by atoms with van der Waals surface area (Å²) in [6.45, 7) is 2.89. The molecule has 108 valence electrons. The summed E-state index contributed by atoms with van der Waals surface area (Å²) in [5, 5.41) is 0. The van der Waals surface area contributed by atoms with Crippen molar-refractivity contribution in [2.75, 3.05) is 13.1 Å². The molecule has 6 nitrogen and oxygen atoms in total. The number of likely N-dealkylation sites (tertiary alicyclic amines) is 1. The Hall–Kier alpha value is -2.11. The number of aromatic amines is 1. The van der Waals surface area contributed by atoms with E-state index in [4.69, 9.17) is 5.73 Å². The van der Waals surface area contributed by atoms with Gasteiger partial charge in [-0.15, -0.1) is 0 Å². The van der Waals surface area contributed by atoms with Gasteiger partial charge < -0.3 is 15.6 Å². The Bertz CT molecular complexity index is 571. The van der Waals surface area contributed by atoms with Crippen molar-refractivity contribution in [2.24, 2.45) is 11.7 Å². The fourth-order valence-electron chi connectivity index (χ4n) is 2.54. The van der Waals surface area contributed by atoms with E-state index in [2.05, 4.69) is 4.98 Å². The molecular weight excluding hydrogens is 258 g/mol. The van der Waals surface area contributed by atoms with E-state index in [9.17, 15) is 14.4 Å². The lowest BCUT2D eigenvalue weighted by Gasteiger charge is -2.31. The molecule has 2 heterocycles. The Kier molecular flexibility index (Phi) is 4.22. The predicted molar refractivity (Wildman–Crippen MR) is 74.2 cm³/mol. The molecule has 1 aromatic heterocycles. The first-order chi connectivity index (χ1) is 9.47. The molecule has 0 spiro atoms. The normalized spacial score (nSPS) is 16.1. The lowest BCUT2D eigenvalue weighted by Crippen LogP contribution is -2.41. The zero-order valence-electron chi connectivity index (χ0n) is 11.5. The third kappa shape index (κ3) is 3.26. The first-order valence-corrected chi connectivity index (χ1v) is 6.74. The van der Waals surface area contributed by atoms with Crippen molar-refractivity contribution in [3.05, 3.63) is 33.7 Å². The van der Waals surface area contributed by atoms with Gasteiger partial charge in [0.15, 0.2) is 5.43 Å². The van der Waals surface area contributed by atoms with Crippen molar-refractivity contribution in [1.82, 2.24) is 9.88 Å². The number of carbonyl (C=O) groups is 2. The van der Waals surface area contributed by atoms with Crippen LogP contribution in [0.25, 0.3) is 0 Å². The maximum atomic E-state index is 12.3. The number of piperidine rings is 1. The van der Waals surface area contributed by atoms with Gasteiger partial charge in [-0.1, -0.05) is 0 Å². The predicted octanol–water partition coefficient (Wildman–Crippen LogP) is 0.411. The Morgan fingerprint density at radius 1 is 1.40 bits per heavy atom. The largest absolute Gasteiger partial charge is 0.370 e. The van der Waals surface area contributed by atoms with E-state index in [0.717, 1.165) is 18.5 Å². The molecule has 1 aliphatic heterocycles. The molecular formula is C14H19N3O3. The summed E-state index contributed by atoms with van der Waals surface area (Å²) < 4.78 is 0. The second kappa shape index (κ2) is 5.90. The summed E-state index contributed by atoms with van der Waals surface area (Å²) in [5.74, 6) is -0.304. The summed E-state index contributed by atoms with van der Waals surface area (Å²) in [6.07, 6.45) is 3.33. The lowest BCUT2D eigenvalue weighted by atomic mass is 9.93. The molecule has 0 aromatic carbocycles. The molecule has 1 saturated heterocycles. The smallest absolute Gasteiger partial charge is 0.259 e. The van der Waals surface area contributed by atoms with Gasteiger partial charge in [0, 0.05) is 37.5 Å². The van der Waals surface area contributed by atoms with Crippen LogP contribution in [0.15, 0.2) is 17.1 Å². The highest BCUT2D eigenvalue weighted by Crippen LogP contribution is 2.21. The summed E-state index contributed by atoms with van der Waals surface area (Å²) >= 11 is 0. The number of nitrogens with one attached hydrogen (secondary N) is 1. The second-order valence-corrected chi connectivity index (χ2v) is 5.30. The highest BCUT2D eigenvalue weighted by molar-refractivity contribution is 5.93. The summed E-state index contributed by atoms with van der Waals surface area (Å²) in [6, 6.07) is 1.42. The maximum absolute atomic E-state index is 12.3. The fourth-order valence-corrected chi connectivity index (χ4v) is 2.54. The zero-order valence-corrected chi connectivity index (χ0v) is 11.5. The molecule has 2 rings (SSSR count). The molecule has 0 atom stereocenters. The molecule has 0 radical (unpaired) electrons. The van der Waals surface area contributed by atoms with Crippen molar-refractivity contribution in [2.45, 2.75) is 26.2 Å². The Labute approximate surface area is 117 Å². The number of aryl methyl sites for hydroxylation is 1. The molecule has 3 N–H and O–H groups in total. The van der Waals surface area contributed by atoms with E-state index in [-0.39, 0.29) is 28.7 Å². The topological polar surface area (TPSA) is 96.3 Å². The number of nitrogens with two attached hydrogens (primary N) is 1. The van der Waals surface area contributed by atoms with Gasteiger partial charge in [0.05, 0.1) is 0 Å². The van der Waals surface area contributed by atoms with Crippen molar-refractivity contribution in [1.29, 1.82) is 0 Å². The number of aromatic nitrogens is 1. The van der Waals surface area contributed by atoms with Crippen LogP contribution < -0.4 is 11.2 Å². The van der Waals surface area contributed by atoms with Crippen molar-refractivity contribution in [3.63, 3.8) is 0 Å². The summed E-state index contributed by atoms with van der Waals surface area (Å²) in [4.78, 5) is 39.5. The molecule has 20 heavy (non-hydrogen) atoms. The lowest BCUT2D eigenvalue weighted by molar-refractivity contribution is -0.119. The standard InChI is InChI=1S/C14H19N3O3/c1-9-6-12(18)11(8-16-9)14(20)17-4-2-10(3-5-17)7-13(15)19/h6,8,10H,2-5,7H2,1H3,(H2,15,19)(H,16,18). The summed E-state index contributed by atoms with van der Waals surface area (Å²) in [5.41, 5.74) is 5.82. The molecule has 2 amide bonds. The Morgan fingerprint density at radius 3 is 2.60 bits per heavy atom. The number of H-pyrrole nitrogens is 1. The van der Waals surface area contributed by atoms with Gasteiger partial charge in [-0.05, 0) is 25.7 Å². The van der Waals surface area contributed by atoms with Crippen LogP contribution in [0.5, 0.6) is 0 Å². The van der Waals surface area contributed by atoms with Crippen LogP contribution in [0.4, 0.5) is 0 Å². The first kappa shape index (κ1) is 14.3. The number of pyridine rings is 1. The van der Waals surface area contributed by atoms with Crippen LogP contribution in [0.3, 0.4) is 0 Å². The molecule has 0 bridgehead atoms. The second-order valence-electron chi connectivity index (χ2n) is 5.30. The van der Waals surface area contributed by atoms with Gasteiger partial charge in [-0.3, -0.25) is 14.4 Å². The Morgan fingerprint density at radius 2 is 2.05 bits per heavy atom. The maximum Gasteiger partial charge on any atom is 0.259 e. The van der Waals surface area contributed by atoms with E-state index in [1.807, 2.05) is 0 Å². The van der Waals surface area contributed by atoms with Crippen molar-refractivity contribution >= 4 is 11.8 Å².